The molecule has 1 atom stereocenters. The van der Waals surface area contributed by atoms with Gasteiger partial charge in [-0.3, -0.25) is 4.79 Å². The minimum absolute atomic E-state index is 0.229. The molecule has 1 saturated carbocycles. The second-order valence-electron chi connectivity index (χ2n) is 9.22. The van der Waals surface area contributed by atoms with Gasteiger partial charge in [-0.2, -0.15) is 0 Å². The summed E-state index contributed by atoms with van der Waals surface area (Å²) in [6.07, 6.45) is 4.70. The van der Waals surface area contributed by atoms with E-state index in [2.05, 4.69) is 29.2 Å². The number of hydrogen-bond acceptors (Lipinski definition) is 3. The second-order valence-corrected chi connectivity index (χ2v) is 9.66. The first-order valence-corrected chi connectivity index (χ1v) is 11.5. The van der Waals surface area contributed by atoms with Crippen molar-refractivity contribution in [3.63, 3.8) is 0 Å². The maximum Gasteiger partial charge on any atom is 0.233 e. The van der Waals surface area contributed by atoms with Crippen LogP contribution in [0.15, 0.2) is 48.5 Å². The molecule has 2 aliphatic heterocycles. The Labute approximate surface area is 183 Å². The highest BCUT2D eigenvalue weighted by Crippen LogP contribution is 2.44. The molecule has 5 rings (SSSR count). The number of amides is 1. The third-order valence-corrected chi connectivity index (χ3v) is 7.48. The largest absolute Gasteiger partial charge is 0.387 e. The van der Waals surface area contributed by atoms with E-state index in [9.17, 15) is 9.90 Å². The van der Waals surface area contributed by atoms with E-state index in [1.807, 2.05) is 29.2 Å². The molecule has 0 radical (unpaired) electrons. The van der Waals surface area contributed by atoms with Crippen molar-refractivity contribution in [2.75, 3.05) is 31.1 Å². The molecule has 2 aromatic carbocycles. The summed E-state index contributed by atoms with van der Waals surface area (Å²) < 4.78 is 0. The van der Waals surface area contributed by atoms with Gasteiger partial charge in [0.25, 0.3) is 0 Å². The van der Waals surface area contributed by atoms with Crippen molar-refractivity contribution < 1.29 is 9.90 Å². The number of aliphatic hydroxyl groups is 1. The number of likely N-dealkylation sites (tertiary alicyclic amines) is 1. The molecule has 4 nitrogen and oxygen atoms in total. The maximum atomic E-state index is 13.3. The van der Waals surface area contributed by atoms with Crippen LogP contribution in [-0.2, 0) is 4.79 Å². The lowest BCUT2D eigenvalue weighted by Gasteiger charge is -2.38. The van der Waals surface area contributed by atoms with Gasteiger partial charge in [-0.15, -0.1) is 0 Å². The van der Waals surface area contributed by atoms with E-state index in [-0.39, 0.29) is 11.3 Å². The molecule has 1 N–H and O–H groups in total. The molecule has 158 valence electrons. The van der Waals surface area contributed by atoms with Crippen molar-refractivity contribution in [2.24, 2.45) is 5.41 Å². The summed E-state index contributed by atoms with van der Waals surface area (Å²) in [7, 11) is 0. The van der Waals surface area contributed by atoms with Crippen molar-refractivity contribution in [3.8, 4) is 0 Å². The average molecular weight is 425 g/mol. The zero-order valence-corrected chi connectivity index (χ0v) is 18.0. The Morgan fingerprint density at radius 3 is 2.40 bits per heavy atom. The first kappa shape index (κ1) is 20.0. The molecule has 0 unspecified atom stereocenters. The Morgan fingerprint density at radius 1 is 1.03 bits per heavy atom. The van der Waals surface area contributed by atoms with E-state index >= 15 is 0 Å². The summed E-state index contributed by atoms with van der Waals surface area (Å²) in [6.45, 7) is 3.08. The van der Waals surface area contributed by atoms with E-state index in [1.165, 1.54) is 18.4 Å². The van der Waals surface area contributed by atoms with Gasteiger partial charge >= 0.3 is 0 Å². The summed E-state index contributed by atoms with van der Waals surface area (Å²) in [4.78, 5) is 17.6. The molecule has 2 heterocycles. The van der Waals surface area contributed by atoms with Gasteiger partial charge in [-0.25, -0.2) is 0 Å². The molecule has 0 bridgehead atoms. The van der Waals surface area contributed by atoms with Gasteiger partial charge < -0.3 is 14.9 Å². The lowest BCUT2D eigenvalue weighted by Crippen LogP contribution is -2.45. The fourth-order valence-corrected chi connectivity index (χ4v) is 5.30. The number of anilines is 1. The van der Waals surface area contributed by atoms with Gasteiger partial charge in [-0.05, 0) is 86.5 Å². The molecule has 0 aromatic heterocycles. The normalized spacial score (nSPS) is 22.6. The fourth-order valence-electron chi connectivity index (χ4n) is 5.10. The molecule has 30 heavy (non-hydrogen) atoms. The highest BCUT2D eigenvalue weighted by Gasteiger charge is 2.48. The van der Waals surface area contributed by atoms with Crippen LogP contribution in [0.4, 0.5) is 5.69 Å². The van der Waals surface area contributed by atoms with Crippen LogP contribution < -0.4 is 4.90 Å². The Morgan fingerprint density at radius 2 is 1.73 bits per heavy atom. The summed E-state index contributed by atoms with van der Waals surface area (Å²) in [5, 5.41) is 11.2. The topological polar surface area (TPSA) is 43.8 Å². The van der Waals surface area contributed by atoms with Gasteiger partial charge in [0.2, 0.25) is 5.91 Å². The molecule has 3 fully saturated rings. The predicted octanol–water partition coefficient (Wildman–Crippen LogP) is 4.77. The van der Waals surface area contributed by atoms with E-state index in [0.29, 0.717) is 11.6 Å². The van der Waals surface area contributed by atoms with Gasteiger partial charge in [0.15, 0.2) is 0 Å². The lowest BCUT2D eigenvalue weighted by atomic mass is 9.77. The quantitative estimate of drug-likeness (QED) is 0.751. The number of hydrogen-bond donors (Lipinski definition) is 1. The van der Waals surface area contributed by atoms with Crippen LogP contribution in [0.1, 0.15) is 55.3 Å². The summed E-state index contributed by atoms with van der Waals surface area (Å²) in [5.74, 6) is 1.03. The molecule has 1 spiro atoms. The second kappa shape index (κ2) is 7.99. The van der Waals surface area contributed by atoms with Gasteiger partial charge in [-0.1, -0.05) is 35.9 Å². The predicted molar refractivity (Wildman–Crippen MR) is 120 cm³/mol. The van der Waals surface area contributed by atoms with Crippen molar-refractivity contribution in [1.29, 1.82) is 0 Å². The fraction of sp³-hybridized carbons (Fsp3) is 0.480. The Hall–Kier alpha value is -1.88. The van der Waals surface area contributed by atoms with Crippen LogP contribution in [0.25, 0.3) is 0 Å². The first-order chi connectivity index (χ1) is 14.5. The number of nitrogens with zero attached hydrogens (tertiary/aromatic N) is 2. The highest BCUT2D eigenvalue weighted by atomic mass is 35.5. The Kier molecular flexibility index (Phi) is 5.34. The minimum Gasteiger partial charge on any atom is -0.387 e. The van der Waals surface area contributed by atoms with Gasteiger partial charge in [0, 0.05) is 23.8 Å². The number of rotatable bonds is 5. The van der Waals surface area contributed by atoms with Crippen LogP contribution in [0.2, 0.25) is 5.02 Å². The molecular formula is C25H29ClN2O2. The standard InChI is InChI=1S/C25H29ClN2O2/c26-21-3-1-2-20(16-21)23(29)17-27-13-10-25(11-14-27)12-15-28(24(25)30)22-8-6-19(7-9-22)18-4-5-18/h1-3,6-9,16,18,23,29H,4-5,10-15,17H2/t23-/m1/s1. The Bertz CT molecular complexity index is 917. The molecule has 1 aliphatic carbocycles. The number of benzene rings is 2. The SMILES string of the molecule is O=C1N(c2ccc(C3CC3)cc2)CCC12CCN(C[C@@H](O)c1cccc(Cl)c1)CC2. The van der Waals surface area contributed by atoms with Crippen molar-refractivity contribution in [1.82, 2.24) is 4.90 Å². The monoisotopic (exact) mass is 424 g/mol. The van der Waals surface area contributed by atoms with E-state index in [0.717, 1.165) is 56.1 Å². The average Bonchev–Trinajstić information content (AvgIpc) is 3.56. The number of aliphatic hydroxyl groups excluding tert-OH is 1. The highest BCUT2D eigenvalue weighted by molar-refractivity contribution is 6.30. The molecule has 5 heteroatoms. The van der Waals surface area contributed by atoms with E-state index in [4.69, 9.17) is 11.6 Å². The summed E-state index contributed by atoms with van der Waals surface area (Å²) >= 11 is 6.05. The zero-order chi connectivity index (χ0) is 20.7. The molecule has 2 aromatic rings. The molecular weight excluding hydrogens is 396 g/mol. The third-order valence-electron chi connectivity index (χ3n) is 7.24. The summed E-state index contributed by atoms with van der Waals surface area (Å²) in [5.41, 5.74) is 3.07. The minimum atomic E-state index is -0.557. The van der Waals surface area contributed by atoms with Crippen molar-refractivity contribution in [2.45, 2.75) is 44.1 Å². The van der Waals surface area contributed by atoms with E-state index in [1.54, 1.807) is 0 Å². The molecule has 2 saturated heterocycles. The van der Waals surface area contributed by atoms with Crippen LogP contribution in [0, 0.1) is 5.41 Å². The smallest absolute Gasteiger partial charge is 0.233 e. The lowest BCUT2D eigenvalue weighted by molar-refractivity contribution is -0.128. The molecule has 3 aliphatic rings. The third kappa shape index (κ3) is 3.89. The van der Waals surface area contributed by atoms with Crippen LogP contribution in [-0.4, -0.2) is 42.1 Å². The van der Waals surface area contributed by atoms with Crippen LogP contribution in [0.3, 0.4) is 0 Å². The molecule has 1 amide bonds. The summed E-state index contributed by atoms with van der Waals surface area (Å²) in [6, 6.07) is 16.1. The van der Waals surface area contributed by atoms with Crippen molar-refractivity contribution >= 4 is 23.2 Å². The van der Waals surface area contributed by atoms with Crippen LogP contribution in [0.5, 0.6) is 0 Å². The Balaban J connectivity index is 1.19. The number of carbonyl (C=O) groups is 1. The number of piperidine rings is 1. The number of carbonyl (C=O) groups excluding carboxylic acids is 1. The van der Waals surface area contributed by atoms with Crippen molar-refractivity contribution in [3.05, 3.63) is 64.7 Å². The first-order valence-electron chi connectivity index (χ1n) is 11.1. The van der Waals surface area contributed by atoms with Crippen LogP contribution >= 0.6 is 11.6 Å². The number of β-amino-alcohol motifs (C(OH)–C–C–N with tert-alkyl or cyclic N) is 1. The van der Waals surface area contributed by atoms with Gasteiger partial charge in [0.05, 0.1) is 11.5 Å². The van der Waals surface area contributed by atoms with E-state index < -0.39 is 6.10 Å². The van der Waals surface area contributed by atoms with Gasteiger partial charge in [0.1, 0.15) is 0 Å². The zero-order valence-electron chi connectivity index (χ0n) is 17.3. The maximum absolute atomic E-state index is 13.3. The number of halogens is 1.